The summed E-state index contributed by atoms with van der Waals surface area (Å²) >= 11 is 0. The fraction of sp³-hybridized carbons (Fsp3) is 0.0417. The summed E-state index contributed by atoms with van der Waals surface area (Å²) in [6.45, 7) is 0.359. The number of hydrogen-bond acceptors (Lipinski definition) is 4. The number of nitrogens with zero attached hydrogens (tertiary/aromatic N) is 1. The Kier molecular flexibility index (Phi) is 5.39. The van der Waals surface area contributed by atoms with Crippen LogP contribution in [0.25, 0.3) is 10.9 Å². The maximum absolute atomic E-state index is 12.5. The van der Waals surface area contributed by atoms with E-state index < -0.39 is 0 Å². The lowest BCUT2D eigenvalue weighted by molar-refractivity contribution is 0.0950. The fourth-order valence-electron chi connectivity index (χ4n) is 3.08. The van der Waals surface area contributed by atoms with Crippen molar-refractivity contribution in [2.45, 2.75) is 6.54 Å². The molecule has 0 aliphatic carbocycles. The topological polar surface area (TPSA) is 97.1 Å². The number of carbonyl (C=O) groups is 2. The molecule has 30 heavy (non-hydrogen) atoms. The van der Waals surface area contributed by atoms with Crippen LogP contribution in [0, 0.1) is 0 Å². The lowest BCUT2D eigenvalue weighted by atomic mass is 10.1. The predicted octanol–water partition coefficient (Wildman–Crippen LogP) is 4.00. The van der Waals surface area contributed by atoms with Crippen LogP contribution in [0.4, 0.5) is 11.4 Å². The zero-order chi connectivity index (χ0) is 20.9. The molecule has 4 N–H and O–H groups in total. The van der Waals surface area contributed by atoms with Crippen LogP contribution in [0.15, 0.2) is 85.1 Å². The molecule has 0 atom stereocenters. The highest BCUT2D eigenvalue weighted by atomic mass is 16.2. The first-order valence-electron chi connectivity index (χ1n) is 9.48. The molecule has 6 nitrogen and oxygen atoms in total. The van der Waals surface area contributed by atoms with E-state index in [9.17, 15) is 9.59 Å². The molecule has 1 aromatic heterocycles. The molecule has 0 unspecified atom stereocenters. The number of anilines is 2. The van der Waals surface area contributed by atoms with Crippen LogP contribution in [0.3, 0.4) is 0 Å². The number of nitrogens with two attached hydrogens (primary N) is 1. The molecular weight excluding hydrogens is 376 g/mol. The minimum atomic E-state index is -0.242. The molecule has 4 rings (SSSR count). The maximum atomic E-state index is 12.5. The minimum absolute atomic E-state index is 0.165. The Morgan fingerprint density at radius 1 is 0.833 bits per heavy atom. The maximum Gasteiger partial charge on any atom is 0.255 e. The number of pyridine rings is 1. The van der Waals surface area contributed by atoms with Crippen LogP contribution in [-0.2, 0) is 6.54 Å². The summed E-state index contributed by atoms with van der Waals surface area (Å²) in [7, 11) is 0. The van der Waals surface area contributed by atoms with Gasteiger partial charge >= 0.3 is 0 Å². The van der Waals surface area contributed by atoms with Crippen LogP contribution in [0.1, 0.15) is 26.3 Å². The molecule has 148 valence electrons. The third-order valence-corrected chi connectivity index (χ3v) is 4.74. The number of carbonyl (C=O) groups excluding carboxylic acids is 2. The largest absolute Gasteiger partial charge is 0.397 e. The van der Waals surface area contributed by atoms with Gasteiger partial charge in [0.1, 0.15) is 0 Å². The minimum Gasteiger partial charge on any atom is -0.397 e. The zero-order valence-electron chi connectivity index (χ0n) is 16.1. The number of nitrogen functional groups attached to an aromatic ring is 1. The number of amides is 2. The van der Waals surface area contributed by atoms with Gasteiger partial charge in [-0.25, -0.2) is 0 Å². The second kappa shape index (κ2) is 8.45. The average molecular weight is 396 g/mol. The van der Waals surface area contributed by atoms with Gasteiger partial charge in [0.15, 0.2) is 0 Å². The monoisotopic (exact) mass is 396 g/mol. The molecule has 3 aromatic carbocycles. The third-order valence-electron chi connectivity index (χ3n) is 4.74. The highest BCUT2D eigenvalue weighted by Crippen LogP contribution is 2.18. The Labute approximate surface area is 173 Å². The molecule has 0 saturated heterocycles. The van der Waals surface area contributed by atoms with Gasteiger partial charge in [0.25, 0.3) is 11.8 Å². The van der Waals surface area contributed by atoms with E-state index in [1.807, 2.05) is 48.5 Å². The summed E-state index contributed by atoms with van der Waals surface area (Å²) in [6.07, 6.45) is 1.72. The first kappa shape index (κ1) is 19.1. The Morgan fingerprint density at radius 2 is 1.60 bits per heavy atom. The Balaban J connectivity index is 1.37. The van der Waals surface area contributed by atoms with Gasteiger partial charge in [-0.2, -0.15) is 0 Å². The normalized spacial score (nSPS) is 10.5. The summed E-state index contributed by atoms with van der Waals surface area (Å²) in [5, 5.41) is 6.61. The standard InChI is InChI=1S/C24H20N4O2/c25-20-5-1-2-6-22(20)28-24(30)17-9-7-16(8-10-17)15-27-23(29)19-11-12-21-18(14-19)4-3-13-26-21/h1-14H,15,25H2,(H,27,29)(H,28,30). The van der Waals surface area contributed by atoms with E-state index in [1.54, 1.807) is 36.5 Å². The summed E-state index contributed by atoms with van der Waals surface area (Å²) in [5.74, 6) is -0.407. The van der Waals surface area contributed by atoms with E-state index in [0.717, 1.165) is 16.5 Å². The van der Waals surface area contributed by atoms with Crippen LogP contribution < -0.4 is 16.4 Å². The van der Waals surface area contributed by atoms with Gasteiger partial charge in [-0.15, -0.1) is 0 Å². The number of benzene rings is 3. The van der Waals surface area contributed by atoms with Crippen LogP contribution in [0.2, 0.25) is 0 Å². The van der Waals surface area contributed by atoms with Crippen molar-refractivity contribution in [2.24, 2.45) is 0 Å². The van der Waals surface area contributed by atoms with E-state index >= 15 is 0 Å². The first-order chi connectivity index (χ1) is 14.6. The number of rotatable bonds is 5. The van der Waals surface area contributed by atoms with E-state index in [4.69, 9.17) is 5.73 Å². The van der Waals surface area contributed by atoms with E-state index in [2.05, 4.69) is 15.6 Å². The van der Waals surface area contributed by atoms with Gasteiger partial charge in [0.05, 0.1) is 16.9 Å². The number of aromatic nitrogens is 1. The third kappa shape index (κ3) is 4.28. The summed E-state index contributed by atoms with van der Waals surface area (Å²) in [5.41, 5.74) is 9.76. The average Bonchev–Trinajstić information content (AvgIpc) is 2.79. The van der Waals surface area contributed by atoms with Crippen molar-refractivity contribution in [3.63, 3.8) is 0 Å². The molecule has 0 bridgehead atoms. The van der Waals surface area contributed by atoms with Crippen molar-refractivity contribution >= 4 is 34.1 Å². The zero-order valence-corrected chi connectivity index (χ0v) is 16.1. The second-order valence-corrected chi connectivity index (χ2v) is 6.83. The molecule has 0 spiro atoms. The SMILES string of the molecule is Nc1ccccc1NC(=O)c1ccc(CNC(=O)c2ccc3ncccc3c2)cc1. The first-order valence-corrected chi connectivity index (χ1v) is 9.48. The van der Waals surface area contributed by atoms with Gasteiger partial charge in [-0.3, -0.25) is 14.6 Å². The van der Waals surface area contributed by atoms with Crippen molar-refractivity contribution in [3.8, 4) is 0 Å². The van der Waals surface area contributed by atoms with Crippen LogP contribution >= 0.6 is 0 Å². The van der Waals surface area contributed by atoms with Crippen molar-refractivity contribution < 1.29 is 9.59 Å². The number of para-hydroxylation sites is 2. The fourth-order valence-corrected chi connectivity index (χ4v) is 3.08. The van der Waals surface area contributed by atoms with Crippen molar-refractivity contribution in [1.82, 2.24) is 10.3 Å². The molecule has 2 amide bonds. The summed E-state index contributed by atoms with van der Waals surface area (Å²) in [4.78, 5) is 29.1. The summed E-state index contributed by atoms with van der Waals surface area (Å²) in [6, 6.07) is 23.3. The number of nitrogens with one attached hydrogen (secondary N) is 2. The molecule has 1 heterocycles. The Bertz CT molecular complexity index is 1220. The lowest BCUT2D eigenvalue weighted by Gasteiger charge is -2.09. The van der Waals surface area contributed by atoms with E-state index in [-0.39, 0.29) is 11.8 Å². The quantitative estimate of drug-likeness (QED) is 0.444. The molecule has 0 aliphatic rings. The van der Waals surface area contributed by atoms with Crippen LogP contribution in [-0.4, -0.2) is 16.8 Å². The van der Waals surface area contributed by atoms with Gasteiger partial charge < -0.3 is 16.4 Å². The van der Waals surface area contributed by atoms with Gasteiger partial charge in [-0.05, 0) is 54.1 Å². The van der Waals surface area contributed by atoms with Crippen molar-refractivity contribution in [3.05, 3.63) is 102 Å². The molecular formula is C24H20N4O2. The Hall–Kier alpha value is -4.19. The molecule has 4 aromatic rings. The van der Waals surface area contributed by atoms with Gasteiger partial charge in [-0.1, -0.05) is 30.3 Å². The highest BCUT2D eigenvalue weighted by molar-refractivity contribution is 6.05. The lowest BCUT2D eigenvalue weighted by Crippen LogP contribution is -2.22. The van der Waals surface area contributed by atoms with Crippen molar-refractivity contribution in [1.29, 1.82) is 0 Å². The van der Waals surface area contributed by atoms with Crippen LogP contribution in [0.5, 0.6) is 0 Å². The molecule has 0 fully saturated rings. The van der Waals surface area contributed by atoms with Gasteiger partial charge in [0.2, 0.25) is 0 Å². The molecule has 0 aliphatic heterocycles. The number of hydrogen-bond donors (Lipinski definition) is 3. The summed E-state index contributed by atoms with van der Waals surface area (Å²) < 4.78 is 0. The van der Waals surface area contributed by atoms with Gasteiger partial charge in [0, 0.05) is 29.3 Å². The smallest absolute Gasteiger partial charge is 0.255 e. The van der Waals surface area contributed by atoms with E-state index in [0.29, 0.717) is 29.0 Å². The second-order valence-electron chi connectivity index (χ2n) is 6.83. The van der Waals surface area contributed by atoms with E-state index in [1.165, 1.54) is 0 Å². The Morgan fingerprint density at radius 3 is 2.40 bits per heavy atom. The predicted molar refractivity (Wildman–Crippen MR) is 118 cm³/mol. The molecule has 0 radical (unpaired) electrons. The number of fused-ring (bicyclic) bond motifs is 1. The van der Waals surface area contributed by atoms with Crippen molar-refractivity contribution in [2.75, 3.05) is 11.1 Å². The molecule has 6 heteroatoms. The molecule has 0 saturated carbocycles. The highest BCUT2D eigenvalue weighted by Gasteiger charge is 2.09.